The largest absolute Gasteiger partial charge is 0.481 e. The molecule has 1 aromatic heterocycles. The van der Waals surface area contributed by atoms with Crippen LogP contribution in [0.15, 0.2) is 0 Å². The van der Waals surface area contributed by atoms with E-state index in [0.717, 1.165) is 18.0 Å². The average molecular weight is 209 g/mol. The Kier molecular flexibility index (Phi) is 2.46. The molecule has 0 unspecified atom stereocenters. The van der Waals surface area contributed by atoms with Crippen molar-refractivity contribution in [3.8, 4) is 5.88 Å². The van der Waals surface area contributed by atoms with E-state index in [2.05, 4.69) is 10.4 Å². The summed E-state index contributed by atoms with van der Waals surface area (Å²) in [5.41, 5.74) is 2.63. The third-order valence-electron chi connectivity index (χ3n) is 3.38. The molecule has 4 heteroatoms. The molecule has 0 amide bonds. The van der Waals surface area contributed by atoms with Crippen molar-refractivity contribution in [2.75, 3.05) is 14.2 Å². The molecule has 1 heterocycles. The van der Waals surface area contributed by atoms with E-state index < -0.39 is 0 Å². The van der Waals surface area contributed by atoms with Crippen LogP contribution in [0.25, 0.3) is 0 Å². The van der Waals surface area contributed by atoms with Gasteiger partial charge in [-0.1, -0.05) is 0 Å². The summed E-state index contributed by atoms with van der Waals surface area (Å²) in [7, 11) is 5.67. The van der Waals surface area contributed by atoms with Crippen LogP contribution in [-0.2, 0) is 13.5 Å². The first-order valence-electron chi connectivity index (χ1n) is 5.37. The van der Waals surface area contributed by atoms with Gasteiger partial charge in [-0.15, -0.1) is 0 Å². The first-order valence-corrected chi connectivity index (χ1v) is 5.37. The Morgan fingerprint density at radius 1 is 1.53 bits per heavy atom. The number of aromatic nitrogens is 2. The lowest BCUT2D eigenvalue weighted by atomic mass is 10.1. The van der Waals surface area contributed by atoms with E-state index in [4.69, 9.17) is 4.74 Å². The van der Waals surface area contributed by atoms with Crippen LogP contribution in [0.5, 0.6) is 5.88 Å². The van der Waals surface area contributed by atoms with Gasteiger partial charge < -0.3 is 10.1 Å². The Morgan fingerprint density at radius 2 is 2.20 bits per heavy atom. The van der Waals surface area contributed by atoms with Gasteiger partial charge in [0.25, 0.3) is 0 Å². The molecule has 0 atom stereocenters. The maximum atomic E-state index is 5.39. The lowest BCUT2D eigenvalue weighted by Crippen LogP contribution is -2.29. The fraction of sp³-hybridized carbons (Fsp3) is 0.727. The van der Waals surface area contributed by atoms with Crippen molar-refractivity contribution in [2.45, 2.75) is 31.7 Å². The van der Waals surface area contributed by atoms with Gasteiger partial charge in [-0.3, -0.25) is 0 Å². The van der Waals surface area contributed by atoms with Crippen molar-refractivity contribution in [2.24, 2.45) is 7.05 Å². The second-order valence-electron chi connectivity index (χ2n) is 4.40. The number of likely N-dealkylation sites (N-methyl/N-ethyl adjacent to an activating group) is 1. The summed E-state index contributed by atoms with van der Waals surface area (Å²) in [4.78, 5) is 0. The highest BCUT2D eigenvalue weighted by Gasteiger charge is 2.42. The van der Waals surface area contributed by atoms with Gasteiger partial charge in [0, 0.05) is 18.2 Å². The van der Waals surface area contributed by atoms with Crippen molar-refractivity contribution in [1.29, 1.82) is 0 Å². The van der Waals surface area contributed by atoms with E-state index in [1.807, 2.05) is 25.7 Å². The molecule has 1 fully saturated rings. The molecule has 15 heavy (non-hydrogen) atoms. The molecule has 0 aromatic carbocycles. The molecule has 1 aromatic rings. The first kappa shape index (κ1) is 10.5. The smallest absolute Gasteiger partial charge is 0.214 e. The maximum absolute atomic E-state index is 5.39. The molecular weight excluding hydrogens is 190 g/mol. The van der Waals surface area contributed by atoms with Crippen LogP contribution in [0.1, 0.15) is 24.1 Å². The Balaban J connectivity index is 2.27. The van der Waals surface area contributed by atoms with Crippen molar-refractivity contribution in [1.82, 2.24) is 15.1 Å². The number of rotatable bonds is 4. The predicted octanol–water partition coefficient (Wildman–Crippen LogP) is 1.03. The van der Waals surface area contributed by atoms with Crippen LogP contribution in [0.3, 0.4) is 0 Å². The molecule has 1 N–H and O–H groups in total. The number of nitrogens with zero attached hydrogens (tertiary/aromatic N) is 2. The van der Waals surface area contributed by atoms with Gasteiger partial charge in [0.2, 0.25) is 5.88 Å². The maximum Gasteiger partial charge on any atom is 0.214 e. The second kappa shape index (κ2) is 3.52. The van der Waals surface area contributed by atoms with Crippen LogP contribution >= 0.6 is 0 Å². The van der Waals surface area contributed by atoms with Crippen LogP contribution < -0.4 is 10.1 Å². The summed E-state index contributed by atoms with van der Waals surface area (Å²) in [6.45, 7) is 2.05. The number of hydrogen-bond acceptors (Lipinski definition) is 3. The molecule has 1 aliphatic rings. The summed E-state index contributed by atoms with van der Waals surface area (Å²) in [5, 5.41) is 7.79. The van der Waals surface area contributed by atoms with Gasteiger partial charge >= 0.3 is 0 Å². The van der Waals surface area contributed by atoms with E-state index in [1.165, 1.54) is 18.4 Å². The van der Waals surface area contributed by atoms with Crippen molar-refractivity contribution in [3.63, 3.8) is 0 Å². The molecule has 0 aliphatic heterocycles. The zero-order chi connectivity index (χ0) is 11.1. The minimum absolute atomic E-state index is 0.307. The van der Waals surface area contributed by atoms with Crippen LogP contribution in [-0.4, -0.2) is 29.5 Å². The molecule has 84 valence electrons. The molecule has 0 radical (unpaired) electrons. The summed E-state index contributed by atoms with van der Waals surface area (Å²) in [6, 6.07) is 0. The second-order valence-corrected chi connectivity index (χ2v) is 4.40. The van der Waals surface area contributed by atoms with E-state index in [1.54, 1.807) is 7.11 Å². The third kappa shape index (κ3) is 1.74. The van der Waals surface area contributed by atoms with E-state index in [-0.39, 0.29) is 0 Å². The van der Waals surface area contributed by atoms with Crippen molar-refractivity contribution >= 4 is 0 Å². The zero-order valence-electron chi connectivity index (χ0n) is 9.92. The van der Waals surface area contributed by atoms with Gasteiger partial charge in [-0.25, -0.2) is 4.68 Å². The Bertz CT molecular complexity index is 366. The standard InChI is InChI=1S/C11H19N3O/c1-8-9(7-11(12-2)5-6-11)10(15-4)14(3)13-8/h12H,5-7H2,1-4H3. The topological polar surface area (TPSA) is 39.1 Å². The van der Waals surface area contributed by atoms with Crippen molar-refractivity contribution < 1.29 is 4.74 Å². The van der Waals surface area contributed by atoms with Gasteiger partial charge in [-0.2, -0.15) is 5.10 Å². The Morgan fingerprint density at radius 3 is 2.67 bits per heavy atom. The van der Waals surface area contributed by atoms with Gasteiger partial charge in [0.05, 0.1) is 12.8 Å². The number of ether oxygens (including phenoxy) is 1. The highest BCUT2D eigenvalue weighted by Crippen LogP contribution is 2.40. The first-order chi connectivity index (χ1) is 7.12. The Hall–Kier alpha value is -1.03. The number of aryl methyl sites for hydroxylation is 2. The summed E-state index contributed by atoms with van der Waals surface area (Å²) in [6.07, 6.45) is 3.52. The molecule has 0 bridgehead atoms. The zero-order valence-corrected chi connectivity index (χ0v) is 9.92. The fourth-order valence-corrected chi connectivity index (χ4v) is 2.14. The van der Waals surface area contributed by atoms with Gasteiger partial charge in [0.15, 0.2) is 0 Å². The fourth-order valence-electron chi connectivity index (χ4n) is 2.14. The predicted molar refractivity (Wildman–Crippen MR) is 59.2 cm³/mol. The molecule has 0 spiro atoms. The minimum Gasteiger partial charge on any atom is -0.481 e. The SMILES string of the molecule is CNC1(Cc2c(C)nn(C)c2OC)CC1. The molecule has 1 saturated carbocycles. The average Bonchev–Trinajstić information content (AvgIpc) is 2.92. The molecule has 1 aliphatic carbocycles. The normalized spacial score (nSPS) is 17.9. The van der Waals surface area contributed by atoms with Crippen LogP contribution in [0, 0.1) is 6.92 Å². The monoisotopic (exact) mass is 209 g/mol. The number of hydrogen-bond donors (Lipinski definition) is 1. The van der Waals surface area contributed by atoms with Crippen LogP contribution in [0.4, 0.5) is 0 Å². The minimum atomic E-state index is 0.307. The summed E-state index contributed by atoms with van der Waals surface area (Å²) >= 11 is 0. The molecular formula is C11H19N3O. The third-order valence-corrected chi connectivity index (χ3v) is 3.38. The van der Waals surface area contributed by atoms with Gasteiger partial charge in [0.1, 0.15) is 0 Å². The van der Waals surface area contributed by atoms with E-state index in [0.29, 0.717) is 5.54 Å². The molecule has 4 nitrogen and oxygen atoms in total. The van der Waals surface area contributed by atoms with E-state index >= 15 is 0 Å². The lowest BCUT2D eigenvalue weighted by molar-refractivity contribution is 0.366. The summed E-state index contributed by atoms with van der Waals surface area (Å²) in [5.74, 6) is 0.897. The van der Waals surface area contributed by atoms with Gasteiger partial charge in [-0.05, 0) is 33.2 Å². The van der Waals surface area contributed by atoms with Crippen LogP contribution in [0.2, 0.25) is 0 Å². The number of methoxy groups -OCH3 is 1. The number of nitrogens with one attached hydrogen (secondary N) is 1. The Labute approximate surface area is 90.6 Å². The molecule has 2 rings (SSSR count). The van der Waals surface area contributed by atoms with Crippen molar-refractivity contribution in [3.05, 3.63) is 11.3 Å². The quantitative estimate of drug-likeness (QED) is 0.805. The summed E-state index contributed by atoms with van der Waals surface area (Å²) < 4.78 is 7.20. The highest BCUT2D eigenvalue weighted by molar-refractivity contribution is 5.34. The molecule has 0 saturated heterocycles. The lowest BCUT2D eigenvalue weighted by Gasteiger charge is -2.14. The van der Waals surface area contributed by atoms with E-state index in [9.17, 15) is 0 Å². The highest BCUT2D eigenvalue weighted by atomic mass is 16.5.